The van der Waals surface area contributed by atoms with Crippen molar-refractivity contribution in [3.63, 3.8) is 0 Å². The number of hydrogen-bond donors (Lipinski definition) is 3. The summed E-state index contributed by atoms with van der Waals surface area (Å²) in [5.41, 5.74) is 3.40. The highest BCUT2D eigenvalue weighted by molar-refractivity contribution is 5.92. The van der Waals surface area contributed by atoms with Gasteiger partial charge < -0.3 is 19.9 Å². The topological polar surface area (TPSA) is 88.5 Å². The Morgan fingerprint density at radius 2 is 2.00 bits per heavy atom. The predicted octanol–water partition coefficient (Wildman–Crippen LogP) is 1.21. The fourth-order valence-corrected chi connectivity index (χ4v) is 3.23. The summed E-state index contributed by atoms with van der Waals surface area (Å²) in [6, 6.07) is 13.2. The molecule has 1 heterocycles. The van der Waals surface area contributed by atoms with Gasteiger partial charge in [0.15, 0.2) is 12.4 Å². The van der Waals surface area contributed by atoms with Gasteiger partial charge in [-0.2, -0.15) is 0 Å². The number of hydrogen-bond acceptors (Lipinski definition) is 4. The maximum absolute atomic E-state index is 12.7. The molecule has 3 aromatic rings. The van der Waals surface area contributed by atoms with E-state index < -0.39 is 0 Å². The van der Waals surface area contributed by atoms with E-state index in [9.17, 15) is 9.59 Å². The average molecular weight is 395 g/mol. The molecule has 1 unspecified atom stereocenters. The molecule has 0 saturated heterocycles. The van der Waals surface area contributed by atoms with Gasteiger partial charge in [-0.3, -0.25) is 9.59 Å². The Balaban J connectivity index is 1.75. The Kier molecular flexibility index (Phi) is 6.74. The third kappa shape index (κ3) is 5.49. The minimum Gasteiger partial charge on any atom is -0.379 e. The van der Waals surface area contributed by atoms with E-state index in [0.29, 0.717) is 36.4 Å². The molecule has 0 bridgehead atoms. The smallest absolute Gasteiger partial charge is 0.279 e. The molecule has 0 aliphatic heterocycles. The highest BCUT2D eigenvalue weighted by Crippen LogP contribution is 2.15. The number of quaternary nitrogens is 1. The number of carbonyl (C=O) groups excluding carboxylic acids is 1. The number of aryl methyl sites for hydroxylation is 2. The van der Waals surface area contributed by atoms with Gasteiger partial charge in [-0.15, -0.1) is 0 Å². The number of ether oxygens (including phenoxy) is 1. The number of carbonyl (C=O) groups is 1. The standard InChI is InChI=1S/C22H26N4O3/c1-15-8-9-16(2)19(12-15)24-21(27)14-26(10-11-29-3)13-20-23-18-7-5-4-6-17(18)22(28)25-20/h4-9,12H,10-11,13-14H2,1-3H3,(H,24,27)(H,23,25,28)/p+1. The number of aromatic nitrogens is 2. The quantitative estimate of drug-likeness (QED) is 0.535. The number of methoxy groups -OCH3 is 1. The molecule has 2 aromatic carbocycles. The number of para-hydroxylation sites is 1. The fraction of sp³-hybridized carbons (Fsp3) is 0.318. The first-order chi connectivity index (χ1) is 14.0. The van der Waals surface area contributed by atoms with Crippen LogP contribution in [0.2, 0.25) is 0 Å². The normalized spacial score (nSPS) is 12.1. The van der Waals surface area contributed by atoms with Gasteiger partial charge in [0.2, 0.25) is 0 Å². The first-order valence-corrected chi connectivity index (χ1v) is 9.64. The Morgan fingerprint density at radius 1 is 1.21 bits per heavy atom. The first kappa shape index (κ1) is 20.7. The van der Waals surface area contributed by atoms with Gasteiger partial charge in [0.05, 0.1) is 17.5 Å². The Labute approximate surface area is 169 Å². The van der Waals surface area contributed by atoms with Crippen molar-refractivity contribution < 1.29 is 14.4 Å². The lowest BCUT2D eigenvalue weighted by molar-refractivity contribution is -0.906. The third-order valence-electron chi connectivity index (χ3n) is 4.82. The molecule has 3 rings (SSSR count). The minimum absolute atomic E-state index is 0.0899. The van der Waals surface area contributed by atoms with Crippen LogP contribution in [-0.2, 0) is 16.1 Å². The summed E-state index contributed by atoms with van der Waals surface area (Å²) in [5, 5.41) is 3.55. The molecule has 0 aliphatic rings. The summed E-state index contributed by atoms with van der Waals surface area (Å²) in [6.07, 6.45) is 0. The zero-order valence-corrected chi connectivity index (χ0v) is 17.0. The van der Waals surface area contributed by atoms with Crippen LogP contribution < -0.4 is 15.8 Å². The molecule has 152 valence electrons. The monoisotopic (exact) mass is 395 g/mol. The van der Waals surface area contributed by atoms with Gasteiger partial charge in [-0.05, 0) is 43.2 Å². The van der Waals surface area contributed by atoms with Crippen LogP contribution >= 0.6 is 0 Å². The van der Waals surface area contributed by atoms with Gasteiger partial charge in [0.1, 0.15) is 13.1 Å². The van der Waals surface area contributed by atoms with Crippen LogP contribution in [0, 0.1) is 13.8 Å². The van der Waals surface area contributed by atoms with Crippen LogP contribution in [-0.4, -0.2) is 42.7 Å². The molecule has 7 nitrogen and oxygen atoms in total. The summed E-state index contributed by atoms with van der Waals surface area (Å²) < 4.78 is 5.19. The van der Waals surface area contributed by atoms with Crippen molar-refractivity contribution in [2.24, 2.45) is 0 Å². The van der Waals surface area contributed by atoms with E-state index in [2.05, 4.69) is 15.3 Å². The number of H-pyrrole nitrogens is 1. The van der Waals surface area contributed by atoms with Crippen LogP contribution in [0.25, 0.3) is 10.9 Å². The summed E-state index contributed by atoms with van der Waals surface area (Å²) in [5.74, 6) is 0.465. The molecule has 7 heteroatoms. The largest absolute Gasteiger partial charge is 0.379 e. The second-order valence-corrected chi connectivity index (χ2v) is 7.24. The van der Waals surface area contributed by atoms with E-state index in [1.54, 1.807) is 13.2 Å². The fourth-order valence-electron chi connectivity index (χ4n) is 3.23. The summed E-state index contributed by atoms with van der Waals surface area (Å²) in [4.78, 5) is 33.3. The molecule has 0 radical (unpaired) electrons. The van der Waals surface area contributed by atoms with Crippen LogP contribution in [0.3, 0.4) is 0 Å². The van der Waals surface area contributed by atoms with Crippen molar-refractivity contribution >= 4 is 22.5 Å². The first-order valence-electron chi connectivity index (χ1n) is 9.64. The molecule has 0 aliphatic carbocycles. The third-order valence-corrected chi connectivity index (χ3v) is 4.82. The average Bonchev–Trinajstić information content (AvgIpc) is 2.69. The lowest BCUT2D eigenvalue weighted by atomic mass is 10.1. The number of rotatable bonds is 8. The Bertz CT molecular complexity index is 1060. The lowest BCUT2D eigenvalue weighted by Gasteiger charge is -2.19. The molecule has 0 fully saturated rings. The van der Waals surface area contributed by atoms with Crippen molar-refractivity contribution in [2.75, 3.05) is 32.1 Å². The van der Waals surface area contributed by atoms with Crippen LogP contribution in [0.4, 0.5) is 5.69 Å². The van der Waals surface area contributed by atoms with Crippen LogP contribution in [0.15, 0.2) is 47.3 Å². The summed E-state index contributed by atoms with van der Waals surface area (Å²) in [7, 11) is 1.63. The van der Waals surface area contributed by atoms with Crippen molar-refractivity contribution in [2.45, 2.75) is 20.4 Å². The number of aromatic amines is 1. The maximum Gasteiger partial charge on any atom is 0.279 e. The zero-order chi connectivity index (χ0) is 20.8. The van der Waals surface area contributed by atoms with E-state index in [1.807, 2.05) is 50.2 Å². The molecule has 1 aromatic heterocycles. The highest BCUT2D eigenvalue weighted by atomic mass is 16.5. The molecular formula is C22H27N4O3+. The molecule has 1 amide bonds. The van der Waals surface area contributed by atoms with Crippen molar-refractivity contribution in [1.82, 2.24) is 9.97 Å². The molecule has 3 N–H and O–H groups in total. The number of amides is 1. The number of nitrogens with zero attached hydrogens (tertiary/aromatic N) is 1. The lowest BCUT2D eigenvalue weighted by Crippen LogP contribution is -3.12. The summed E-state index contributed by atoms with van der Waals surface area (Å²) in [6.45, 7) is 5.75. The number of nitrogens with one attached hydrogen (secondary N) is 3. The van der Waals surface area contributed by atoms with Crippen LogP contribution in [0.1, 0.15) is 17.0 Å². The van der Waals surface area contributed by atoms with Gasteiger partial charge in [0.25, 0.3) is 11.5 Å². The number of anilines is 1. The van der Waals surface area contributed by atoms with Gasteiger partial charge in [-0.25, -0.2) is 4.98 Å². The molecule has 29 heavy (non-hydrogen) atoms. The van der Waals surface area contributed by atoms with E-state index >= 15 is 0 Å². The number of fused-ring (bicyclic) bond motifs is 1. The van der Waals surface area contributed by atoms with Crippen molar-refractivity contribution in [1.29, 1.82) is 0 Å². The van der Waals surface area contributed by atoms with Gasteiger partial charge in [-0.1, -0.05) is 24.3 Å². The molecule has 0 spiro atoms. The Morgan fingerprint density at radius 3 is 2.79 bits per heavy atom. The number of benzene rings is 2. The molecule has 1 atom stereocenters. The highest BCUT2D eigenvalue weighted by Gasteiger charge is 2.17. The second kappa shape index (κ2) is 9.45. The zero-order valence-electron chi connectivity index (χ0n) is 17.0. The maximum atomic E-state index is 12.7. The van der Waals surface area contributed by atoms with Gasteiger partial charge >= 0.3 is 0 Å². The SMILES string of the molecule is COCC[NH+](CC(=O)Nc1cc(C)ccc1C)Cc1nc2ccccc2c(=O)[nH]1. The van der Waals surface area contributed by atoms with E-state index in [1.165, 1.54) is 0 Å². The van der Waals surface area contributed by atoms with Crippen molar-refractivity contribution in [3.8, 4) is 0 Å². The van der Waals surface area contributed by atoms with Crippen molar-refractivity contribution in [3.05, 3.63) is 69.8 Å². The van der Waals surface area contributed by atoms with Gasteiger partial charge in [0, 0.05) is 12.8 Å². The second-order valence-electron chi connectivity index (χ2n) is 7.24. The van der Waals surface area contributed by atoms with E-state index in [-0.39, 0.29) is 18.0 Å². The van der Waals surface area contributed by atoms with E-state index in [0.717, 1.165) is 21.7 Å². The van der Waals surface area contributed by atoms with E-state index in [4.69, 9.17) is 4.74 Å². The predicted molar refractivity (Wildman–Crippen MR) is 113 cm³/mol. The van der Waals surface area contributed by atoms with Crippen LogP contribution in [0.5, 0.6) is 0 Å². The molecule has 0 saturated carbocycles. The Hall–Kier alpha value is -3.03. The molecular weight excluding hydrogens is 368 g/mol. The minimum atomic E-state index is -0.170. The summed E-state index contributed by atoms with van der Waals surface area (Å²) >= 11 is 0.